The summed E-state index contributed by atoms with van der Waals surface area (Å²) in [6.07, 6.45) is 1.78. The molecular formula is C28H27ClN2O3. The number of amides is 1. The van der Waals surface area contributed by atoms with Crippen LogP contribution in [-0.4, -0.2) is 23.6 Å². The van der Waals surface area contributed by atoms with Gasteiger partial charge < -0.3 is 9.30 Å². The lowest BCUT2D eigenvalue weighted by atomic mass is 10.0. The molecule has 0 aliphatic carbocycles. The van der Waals surface area contributed by atoms with Gasteiger partial charge in [0.2, 0.25) is 0 Å². The molecule has 34 heavy (non-hydrogen) atoms. The normalized spacial score (nSPS) is 15.0. The second kappa shape index (κ2) is 8.99. The van der Waals surface area contributed by atoms with Gasteiger partial charge in [-0.1, -0.05) is 29.8 Å². The summed E-state index contributed by atoms with van der Waals surface area (Å²) in [6, 6.07) is 15.4. The minimum absolute atomic E-state index is 0.257. The maximum absolute atomic E-state index is 13.6. The van der Waals surface area contributed by atoms with E-state index in [1.165, 1.54) is 7.11 Å². The first-order chi connectivity index (χ1) is 16.1. The summed E-state index contributed by atoms with van der Waals surface area (Å²) in [5.74, 6) is -0.793. The third-order valence-electron chi connectivity index (χ3n) is 6.23. The summed E-state index contributed by atoms with van der Waals surface area (Å²) in [5, 5.41) is 0.652. The van der Waals surface area contributed by atoms with E-state index in [1.54, 1.807) is 17.9 Å². The van der Waals surface area contributed by atoms with Gasteiger partial charge in [0, 0.05) is 33.5 Å². The van der Waals surface area contributed by atoms with Crippen LogP contribution in [0.3, 0.4) is 0 Å². The topological polar surface area (TPSA) is 51.5 Å². The molecule has 0 atom stereocenters. The number of anilines is 1. The summed E-state index contributed by atoms with van der Waals surface area (Å²) in [5.41, 5.74) is 7.73. The zero-order valence-electron chi connectivity index (χ0n) is 20.2. The molecule has 6 heteroatoms. The van der Waals surface area contributed by atoms with Crippen LogP contribution in [0.1, 0.15) is 35.0 Å². The highest BCUT2D eigenvalue weighted by Gasteiger charge is 2.38. The van der Waals surface area contributed by atoms with Crippen LogP contribution in [0.25, 0.3) is 11.8 Å². The highest BCUT2D eigenvalue weighted by molar-refractivity contribution is 6.30. The fourth-order valence-electron chi connectivity index (χ4n) is 4.54. The Morgan fingerprint density at radius 2 is 1.74 bits per heavy atom. The predicted octanol–water partition coefficient (Wildman–Crippen LogP) is 6.24. The molecule has 1 aliphatic rings. The largest absolute Gasteiger partial charge is 0.465 e. The highest BCUT2D eigenvalue weighted by Crippen LogP contribution is 2.36. The molecule has 5 nitrogen and oxygen atoms in total. The van der Waals surface area contributed by atoms with Gasteiger partial charge in [0.25, 0.3) is 5.91 Å². The monoisotopic (exact) mass is 474 g/mol. The van der Waals surface area contributed by atoms with E-state index in [4.69, 9.17) is 16.3 Å². The molecule has 0 bridgehead atoms. The quantitative estimate of drug-likeness (QED) is 0.332. The van der Waals surface area contributed by atoms with E-state index in [2.05, 4.69) is 4.57 Å². The predicted molar refractivity (Wildman–Crippen MR) is 136 cm³/mol. The minimum Gasteiger partial charge on any atom is -0.465 e. The molecule has 3 aromatic rings. The number of halogens is 1. The third-order valence-corrected chi connectivity index (χ3v) is 6.47. The first-order valence-electron chi connectivity index (χ1n) is 11.0. The van der Waals surface area contributed by atoms with Crippen LogP contribution < -0.4 is 4.90 Å². The number of hydrogen-bond acceptors (Lipinski definition) is 3. The molecule has 0 spiro atoms. The molecule has 1 aliphatic heterocycles. The van der Waals surface area contributed by atoms with Crippen LogP contribution in [0.2, 0.25) is 5.02 Å². The second-order valence-corrected chi connectivity index (χ2v) is 9.02. The Balaban J connectivity index is 1.88. The number of nitrogens with zero attached hydrogens (tertiary/aromatic N) is 2. The van der Waals surface area contributed by atoms with Gasteiger partial charge in [-0.2, -0.15) is 0 Å². The number of esters is 1. The zero-order chi connectivity index (χ0) is 24.7. The maximum atomic E-state index is 13.6. The van der Waals surface area contributed by atoms with Gasteiger partial charge in [-0.3, -0.25) is 9.69 Å². The molecule has 2 heterocycles. The molecule has 2 aromatic carbocycles. The number of aryl methyl sites for hydroxylation is 3. The smallest absolute Gasteiger partial charge is 0.340 e. The van der Waals surface area contributed by atoms with Crippen LogP contribution in [0.5, 0.6) is 0 Å². The SMILES string of the molecule is COC(=O)C1=C(C)N(c2cccc(C)c2)C(=O)/C1=C\c1cc(C)n(-c2cc(Cl)ccc2C)c1C. The molecule has 0 fully saturated rings. The van der Waals surface area contributed by atoms with Crippen LogP contribution in [0.15, 0.2) is 65.4 Å². The molecule has 1 aromatic heterocycles. The molecule has 0 saturated carbocycles. The molecule has 0 unspecified atom stereocenters. The van der Waals surface area contributed by atoms with Crippen molar-refractivity contribution in [1.29, 1.82) is 0 Å². The van der Waals surface area contributed by atoms with Crippen molar-refractivity contribution in [2.75, 3.05) is 12.0 Å². The van der Waals surface area contributed by atoms with E-state index in [9.17, 15) is 9.59 Å². The number of methoxy groups -OCH3 is 1. The lowest BCUT2D eigenvalue weighted by Gasteiger charge is -2.18. The van der Waals surface area contributed by atoms with Crippen molar-refractivity contribution >= 4 is 35.2 Å². The summed E-state index contributed by atoms with van der Waals surface area (Å²) in [6.45, 7) is 9.77. The number of carbonyl (C=O) groups excluding carboxylic acids is 2. The van der Waals surface area contributed by atoms with E-state index in [-0.39, 0.29) is 11.5 Å². The van der Waals surface area contributed by atoms with Crippen molar-refractivity contribution in [2.24, 2.45) is 0 Å². The van der Waals surface area contributed by atoms with Crippen molar-refractivity contribution < 1.29 is 14.3 Å². The van der Waals surface area contributed by atoms with Gasteiger partial charge in [0.15, 0.2) is 0 Å². The molecule has 174 valence electrons. The Kier molecular flexibility index (Phi) is 6.24. The van der Waals surface area contributed by atoms with Crippen molar-refractivity contribution in [3.63, 3.8) is 0 Å². The Hall–Kier alpha value is -3.57. The number of rotatable bonds is 4. The zero-order valence-corrected chi connectivity index (χ0v) is 20.9. The number of ether oxygens (including phenoxy) is 1. The van der Waals surface area contributed by atoms with Crippen molar-refractivity contribution in [1.82, 2.24) is 4.57 Å². The average molecular weight is 475 g/mol. The Morgan fingerprint density at radius 3 is 2.41 bits per heavy atom. The number of aromatic nitrogens is 1. The third kappa shape index (κ3) is 3.97. The highest BCUT2D eigenvalue weighted by atomic mass is 35.5. The standard InChI is InChI=1S/C28H27ClN2O3/c1-16-8-7-9-23(12-16)31-20(5)26(28(33)34-6)24(27(31)32)14-21-13-18(3)30(19(21)4)25-15-22(29)11-10-17(25)2/h7-15H,1-6H3/b24-14-. The lowest BCUT2D eigenvalue weighted by molar-refractivity contribution is -0.136. The molecular weight excluding hydrogens is 448 g/mol. The van der Waals surface area contributed by atoms with Crippen molar-refractivity contribution in [2.45, 2.75) is 34.6 Å². The molecule has 4 rings (SSSR count). The number of benzene rings is 2. The molecule has 0 N–H and O–H groups in total. The Labute approximate surface area is 204 Å². The second-order valence-electron chi connectivity index (χ2n) is 8.58. The van der Waals surface area contributed by atoms with E-state index >= 15 is 0 Å². The fraction of sp³-hybridized carbons (Fsp3) is 0.214. The first kappa shape index (κ1) is 23.6. The van der Waals surface area contributed by atoms with Crippen LogP contribution in [0, 0.1) is 27.7 Å². The van der Waals surface area contributed by atoms with Gasteiger partial charge in [-0.25, -0.2) is 4.79 Å². The molecule has 1 amide bonds. The maximum Gasteiger partial charge on any atom is 0.340 e. The summed E-state index contributed by atoms with van der Waals surface area (Å²) >= 11 is 6.27. The van der Waals surface area contributed by atoms with E-state index in [0.717, 1.165) is 33.8 Å². The summed E-state index contributed by atoms with van der Waals surface area (Å²) < 4.78 is 7.16. The number of allylic oxidation sites excluding steroid dienone is 1. The van der Waals surface area contributed by atoms with Gasteiger partial charge in [0.1, 0.15) is 0 Å². The summed E-state index contributed by atoms with van der Waals surface area (Å²) in [7, 11) is 1.33. The molecule has 0 saturated heterocycles. The average Bonchev–Trinajstić information content (AvgIpc) is 3.21. The minimum atomic E-state index is -0.535. The number of hydrogen-bond donors (Lipinski definition) is 0. The van der Waals surface area contributed by atoms with E-state index in [1.807, 2.05) is 76.2 Å². The van der Waals surface area contributed by atoms with E-state index in [0.29, 0.717) is 22.0 Å². The van der Waals surface area contributed by atoms with E-state index < -0.39 is 5.97 Å². The lowest BCUT2D eigenvalue weighted by Crippen LogP contribution is -2.24. The van der Waals surface area contributed by atoms with Gasteiger partial charge in [0.05, 0.1) is 18.3 Å². The fourth-order valence-corrected chi connectivity index (χ4v) is 4.71. The van der Waals surface area contributed by atoms with Gasteiger partial charge in [-0.05, 0) is 87.7 Å². The van der Waals surface area contributed by atoms with Crippen molar-refractivity contribution in [3.8, 4) is 5.69 Å². The van der Waals surface area contributed by atoms with Crippen LogP contribution in [0.4, 0.5) is 5.69 Å². The van der Waals surface area contributed by atoms with Gasteiger partial charge >= 0.3 is 5.97 Å². The summed E-state index contributed by atoms with van der Waals surface area (Å²) in [4.78, 5) is 27.9. The van der Waals surface area contributed by atoms with Crippen LogP contribution in [-0.2, 0) is 14.3 Å². The van der Waals surface area contributed by atoms with Crippen LogP contribution >= 0.6 is 11.6 Å². The number of carbonyl (C=O) groups is 2. The van der Waals surface area contributed by atoms with Gasteiger partial charge in [-0.15, -0.1) is 0 Å². The first-order valence-corrected chi connectivity index (χ1v) is 11.4. The molecule has 0 radical (unpaired) electrons. The van der Waals surface area contributed by atoms with Crippen molar-refractivity contribution in [3.05, 3.63) is 98.5 Å². The Morgan fingerprint density at radius 1 is 1.00 bits per heavy atom. The Bertz CT molecular complexity index is 1390.